The van der Waals surface area contributed by atoms with Crippen molar-refractivity contribution in [2.45, 2.75) is 31.6 Å². The Balaban J connectivity index is 0.000000385. The molecule has 0 amide bonds. The summed E-state index contributed by atoms with van der Waals surface area (Å²) in [5, 5.41) is 0. The summed E-state index contributed by atoms with van der Waals surface area (Å²) in [5.41, 5.74) is 0.956. The van der Waals surface area contributed by atoms with E-state index in [0.717, 1.165) is 18.4 Å². The fourth-order valence-electron chi connectivity index (χ4n) is 0.855. The van der Waals surface area contributed by atoms with E-state index in [9.17, 15) is 8.42 Å². The minimum absolute atomic E-state index is 0.0666. The summed E-state index contributed by atoms with van der Waals surface area (Å²) < 4.78 is 29.6. The fraction of sp³-hybridized carbons (Fsp3) is 0.333. The Bertz CT molecular complexity index is 438. The van der Waals surface area contributed by atoms with E-state index in [1.54, 1.807) is 12.1 Å². The molecule has 3 nitrogen and oxygen atoms in total. The van der Waals surface area contributed by atoms with E-state index < -0.39 is 10.1 Å². The molecule has 0 heterocycles. The first-order chi connectivity index (χ1) is 7.41. The predicted molar refractivity (Wildman–Crippen MR) is 64.7 cm³/mol. The summed E-state index contributed by atoms with van der Waals surface area (Å²) in [6, 6.07) is 5.99. The molecule has 1 N–H and O–H groups in total. The standard InChI is InChI=1S/C7H8O3S.C5H8/c1-6-2-4-7(5-3-6)11(8,9)10;1-3-5-4-2/h2-5H,1H3,(H,8,9,10);1H,4-5H2,2H3. The van der Waals surface area contributed by atoms with Crippen LogP contribution in [0.5, 0.6) is 0 Å². The van der Waals surface area contributed by atoms with Crippen molar-refractivity contribution in [3.63, 3.8) is 0 Å². The van der Waals surface area contributed by atoms with Gasteiger partial charge in [0.1, 0.15) is 0 Å². The van der Waals surface area contributed by atoms with E-state index in [1.807, 2.05) is 6.92 Å². The highest BCUT2D eigenvalue weighted by Crippen LogP contribution is 2.08. The first-order valence-corrected chi connectivity index (χ1v) is 6.33. The van der Waals surface area contributed by atoms with Crippen molar-refractivity contribution in [1.82, 2.24) is 0 Å². The summed E-state index contributed by atoms with van der Waals surface area (Å²) in [6.07, 6.45) is 6.91. The third-order valence-corrected chi connectivity index (χ3v) is 2.58. The summed E-state index contributed by atoms with van der Waals surface area (Å²) in [4.78, 5) is -0.0666. The number of rotatable bonds is 2. The van der Waals surface area contributed by atoms with Crippen molar-refractivity contribution in [3.8, 4) is 12.3 Å². The molecule has 0 saturated heterocycles. The first kappa shape index (κ1) is 14.7. The van der Waals surface area contributed by atoms with Crippen molar-refractivity contribution < 1.29 is 13.0 Å². The van der Waals surface area contributed by atoms with Crippen molar-refractivity contribution >= 4 is 10.1 Å². The van der Waals surface area contributed by atoms with E-state index in [0.29, 0.717) is 0 Å². The van der Waals surface area contributed by atoms with E-state index >= 15 is 0 Å². The van der Waals surface area contributed by atoms with E-state index in [1.165, 1.54) is 12.1 Å². The predicted octanol–water partition coefficient (Wildman–Crippen LogP) is 2.66. The van der Waals surface area contributed by atoms with Gasteiger partial charge in [-0.25, -0.2) is 0 Å². The first-order valence-electron chi connectivity index (χ1n) is 4.89. The lowest BCUT2D eigenvalue weighted by Gasteiger charge is -1.95. The number of terminal acetylenes is 1. The minimum atomic E-state index is -4.02. The molecule has 88 valence electrons. The number of hydrogen-bond donors (Lipinski definition) is 1. The smallest absolute Gasteiger partial charge is 0.282 e. The Labute approximate surface area is 97.3 Å². The molecule has 0 spiro atoms. The summed E-state index contributed by atoms with van der Waals surface area (Å²) in [7, 11) is -4.02. The van der Waals surface area contributed by atoms with Crippen LogP contribution in [-0.2, 0) is 10.1 Å². The molecule has 1 rings (SSSR count). The molecule has 0 saturated carbocycles. The van der Waals surface area contributed by atoms with Crippen molar-refractivity contribution in [2.24, 2.45) is 0 Å². The van der Waals surface area contributed by atoms with E-state index in [-0.39, 0.29) is 4.90 Å². The van der Waals surface area contributed by atoms with Gasteiger partial charge in [0.2, 0.25) is 0 Å². The average molecular weight is 240 g/mol. The van der Waals surface area contributed by atoms with E-state index in [4.69, 9.17) is 11.0 Å². The zero-order valence-corrected chi connectivity index (χ0v) is 10.3. The van der Waals surface area contributed by atoms with Crippen LogP contribution < -0.4 is 0 Å². The largest absolute Gasteiger partial charge is 0.294 e. The van der Waals surface area contributed by atoms with Crippen LogP contribution in [0.3, 0.4) is 0 Å². The molecule has 0 unspecified atom stereocenters. The monoisotopic (exact) mass is 240 g/mol. The minimum Gasteiger partial charge on any atom is -0.282 e. The van der Waals surface area contributed by atoms with Gasteiger partial charge in [0.25, 0.3) is 10.1 Å². The third kappa shape index (κ3) is 6.23. The van der Waals surface area contributed by atoms with Gasteiger partial charge < -0.3 is 0 Å². The molecule has 1 aromatic rings. The Hall–Kier alpha value is -1.31. The SMILES string of the molecule is C#CCCC.Cc1ccc(S(=O)(=O)O)cc1. The maximum absolute atomic E-state index is 10.5. The molecule has 4 heteroatoms. The van der Waals surface area contributed by atoms with Gasteiger partial charge in [0.05, 0.1) is 4.90 Å². The van der Waals surface area contributed by atoms with Crippen molar-refractivity contribution in [1.29, 1.82) is 0 Å². The molecular formula is C12H16O3S. The second-order valence-corrected chi connectivity index (χ2v) is 4.66. The maximum atomic E-state index is 10.5. The number of hydrogen-bond acceptors (Lipinski definition) is 2. The topological polar surface area (TPSA) is 54.4 Å². The lowest BCUT2D eigenvalue weighted by Crippen LogP contribution is -1.96. The van der Waals surface area contributed by atoms with Crippen LogP contribution in [0.4, 0.5) is 0 Å². The molecule has 0 aromatic heterocycles. The number of benzene rings is 1. The quantitative estimate of drug-likeness (QED) is 0.638. The number of aryl methyl sites for hydroxylation is 1. The van der Waals surface area contributed by atoms with Crippen LogP contribution in [-0.4, -0.2) is 13.0 Å². The highest BCUT2D eigenvalue weighted by Gasteiger charge is 2.06. The molecular weight excluding hydrogens is 224 g/mol. The molecule has 0 aliphatic heterocycles. The van der Waals surface area contributed by atoms with Crippen LogP contribution in [0.25, 0.3) is 0 Å². The lowest BCUT2D eigenvalue weighted by molar-refractivity contribution is 0.483. The Morgan fingerprint density at radius 2 is 1.81 bits per heavy atom. The second-order valence-electron chi connectivity index (χ2n) is 3.24. The van der Waals surface area contributed by atoms with Crippen LogP contribution in [0.2, 0.25) is 0 Å². The molecule has 0 aliphatic rings. The van der Waals surface area contributed by atoms with Gasteiger partial charge in [0, 0.05) is 6.42 Å². The van der Waals surface area contributed by atoms with Gasteiger partial charge >= 0.3 is 0 Å². The highest BCUT2D eigenvalue weighted by atomic mass is 32.2. The second kappa shape index (κ2) is 7.04. The van der Waals surface area contributed by atoms with Crippen LogP contribution in [0.1, 0.15) is 25.3 Å². The lowest BCUT2D eigenvalue weighted by atomic mass is 10.2. The van der Waals surface area contributed by atoms with Gasteiger partial charge in [-0.3, -0.25) is 4.55 Å². The fourth-order valence-corrected chi connectivity index (χ4v) is 1.33. The molecule has 0 aliphatic carbocycles. The molecule has 0 fully saturated rings. The van der Waals surface area contributed by atoms with Gasteiger partial charge in [-0.1, -0.05) is 24.6 Å². The zero-order chi connectivity index (χ0) is 12.6. The Kier molecular flexibility index (Phi) is 6.47. The zero-order valence-electron chi connectivity index (χ0n) is 9.47. The summed E-state index contributed by atoms with van der Waals surface area (Å²) >= 11 is 0. The molecule has 1 aromatic carbocycles. The molecule has 0 bridgehead atoms. The van der Waals surface area contributed by atoms with E-state index in [2.05, 4.69) is 12.8 Å². The van der Waals surface area contributed by atoms with Crippen molar-refractivity contribution in [3.05, 3.63) is 29.8 Å². The summed E-state index contributed by atoms with van der Waals surface area (Å²) in [6.45, 7) is 3.91. The van der Waals surface area contributed by atoms with Crippen LogP contribution in [0.15, 0.2) is 29.2 Å². The van der Waals surface area contributed by atoms with Crippen LogP contribution in [0, 0.1) is 19.3 Å². The van der Waals surface area contributed by atoms with Gasteiger partial charge in [-0.15, -0.1) is 12.3 Å². The molecule has 0 radical (unpaired) electrons. The van der Waals surface area contributed by atoms with Crippen LogP contribution >= 0.6 is 0 Å². The highest BCUT2D eigenvalue weighted by molar-refractivity contribution is 7.85. The Morgan fingerprint density at radius 1 is 1.31 bits per heavy atom. The Morgan fingerprint density at radius 3 is 2.06 bits per heavy atom. The summed E-state index contributed by atoms with van der Waals surface area (Å²) in [5.74, 6) is 2.52. The van der Waals surface area contributed by atoms with Gasteiger partial charge in [-0.2, -0.15) is 8.42 Å². The third-order valence-electron chi connectivity index (χ3n) is 1.71. The number of unbranched alkanes of at least 4 members (excludes halogenated alkanes) is 1. The van der Waals surface area contributed by atoms with Gasteiger partial charge in [0.15, 0.2) is 0 Å². The van der Waals surface area contributed by atoms with Gasteiger partial charge in [-0.05, 0) is 25.5 Å². The normalized spacial score (nSPS) is 9.88. The van der Waals surface area contributed by atoms with Crippen molar-refractivity contribution in [2.75, 3.05) is 0 Å². The average Bonchev–Trinajstić information content (AvgIpc) is 2.19. The molecule has 16 heavy (non-hydrogen) atoms. The maximum Gasteiger partial charge on any atom is 0.294 e. The molecule has 0 atom stereocenters.